The number of fused-ring (bicyclic) bond motifs is 1. The number of carbonyl (C=O) groups excluding carboxylic acids is 1. The van der Waals surface area contributed by atoms with Crippen LogP contribution < -0.4 is 0 Å². The van der Waals surface area contributed by atoms with Gasteiger partial charge in [-0.3, -0.25) is 4.79 Å². The summed E-state index contributed by atoms with van der Waals surface area (Å²) in [5.41, 5.74) is 1.24. The molecule has 0 aliphatic rings. The molecule has 1 atom stereocenters. The van der Waals surface area contributed by atoms with Gasteiger partial charge in [-0.05, 0) is 29.7 Å². The van der Waals surface area contributed by atoms with Crippen LogP contribution in [0.25, 0.3) is 10.8 Å². The largest absolute Gasteiger partial charge is 0.300 e. The van der Waals surface area contributed by atoms with E-state index in [9.17, 15) is 4.79 Å². The minimum Gasteiger partial charge on any atom is -0.300 e. The molecule has 2 rings (SSSR count). The predicted molar refractivity (Wildman–Crippen MR) is 67.5 cm³/mol. The van der Waals surface area contributed by atoms with Gasteiger partial charge in [-0.1, -0.05) is 49.4 Å². The van der Waals surface area contributed by atoms with E-state index in [0.29, 0.717) is 0 Å². The number of carbonyl (C=O) groups is 1. The zero-order chi connectivity index (χ0) is 11.5. The summed E-state index contributed by atoms with van der Waals surface area (Å²) in [5, 5.41) is 2.50. The summed E-state index contributed by atoms with van der Waals surface area (Å²) >= 11 is 0. The molecule has 0 radical (unpaired) electrons. The Morgan fingerprint density at radius 1 is 1.12 bits per heavy atom. The van der Waals surface area contributed by atoms with Gasteiger partial charge in [-0.25, -0.2) is 0 Å². The Labute approximate surface area is 96.1 Å². The highest BCUT2D eigenvalue weighted by atomic mass is 16.1. The Balaban J connectivity index is 2.29. The molecule has 0 aromatic heterocycles. The number of Topliss-reactive ketones (excluding diaryl/α,β-unsaturated/α-hetero) is 1. The van der Waals surface area contributed by atoms with E-state index >= 15 is 0 Å². The van der Waals surface area contributed by atoms with E-state index in [1.54, 1.807) is 6.92 Å². The second-order valence-electron chi connectivity index (χ2n) is 4.40. The third-order valence-corrected chi connectivity index (χ3v) is 3.05. The lowest BCUT2D eigenvalue weighted by Gasteiger charge is -2.08. The molecule has 0 aliphatic heterocycles. The van der Waals surface area contributed by atoms with Gasteiger partial charge in [0.25, 0.3) is 0 Å². The molecule has 0 bridgehead atoms. The molecule has 16 heavy (non-hydrogen) atoms. The fraction of sp³-hybridized carbons (Fsp3) is 0.267. The van der Waals surface area contributed by atoms with Crippen LogP contribution in [-0.2, 0) is 11.2 Å². The molecule has 1 nitrogen and oxygen atoms in total. The fourth-order valence-corrected chi connectivity index (χ4v) is 1.86. The van der Waals surface area contributed by atoms with Crippen molar-refractivity contribution >= 4 is 16.6 Å². The van der Waals surface area contributed by atoms with Crippen LogP contribution in [0.3, 0.4) is 0 Å². The Morgan fingerprint density at radius 2 is 1.81 bits per heavy atom. The molecule has 82 valence electrons. The quantitative estimate of drug-likeness (QED) is 0.759. The Hall–Kier alpha value is -1.63. The molecular weight excluding hydrogens is 196 g/mol. The van der Waals surface area contributed by atoms with Crippen LogP contribution in [0.4, 0.5) is 0 Å². The molecule has 0 aliphatic carbocycles. The maximum Gasteiger partial charge on any atom is 0.132 e. The molecular formula is C15H16O. The van der Waals surface area contributed by atoms with Crippen molar-refractivity contribution in [3.8, 4) is 0 Å². The van der Waals surface area contributed by atoms with Crippen LogP contribution in [0.15, 0.2) is 42.5 Å². The molecule has 1 unspecified atom stereocenters. The maximum absolute atomic E-state index is 11.2. The van der Waals surface area contributed by atoms with Crippen LogP contribution in [0.1, 0.15) is 19.4 Å². The summed E-state index contributed by atoms with van der Waals surface area (Å²) in [6.45, 7) is 3.64. The van der Waals surface area contributed by atoms with Crippen LogP contribution in [0, 0.1) is 5.92 Å². The number of ketones is 1. The van der Waals surface area contributed by atoms with Crippen molar-refractivity contribution in [1.82, 2.24) is 0 Å². The van der Waals surface area contributed by atoms with Gasteiger partial charge in [-0.2, -0.15) is 0 Å². The van der Waals surface area contributed by atoms with Crippen LogP contribution in [0.5, 0.6) is 0 Å². The monoisotopic (exact) mass is 212 g/mol. The molecule has 0 fully saturated rings. The number of rotatable bonds is 3. The Kier molecular flexibility index (Phi) is 3.04. The molecule has 0 saturated heterocycles. The van der Waals surface area contributed by atoms with Crippen molar-refractivity contribution in [1.29, 1.82) is 0 Å². The highest BCUT2D eigenvalue weighted by molar-refractivity contribution is 5.83. The molecule has 0 saturated carbocycles. The average molecular weight is 212 g/mol. The first kappa shape index (κ1) is 10.9. The lowest BCUT2D eigenvalue weighted by Crippen LogP contribution is -2.09. The van der Waals surface area contributed by atoms with Gasteiger partial charge >= 0.3 is 0 Å². The average Bonchev–Trinajstić information content (AvgIpc) is 2.28. The van der Waals surface area contributed by atoms with E-state index in [2.05, 4.69) is 30.3 Å². The second-order valence-corrected chi connectivity index (χ2v) is 4.40. The van der Waals surface area contributed by atoms with Crippen molar-refractivity contribution in [2.24, 2.45) is 5.92 Å². The second kappa shape index (κ2) is 4.48. The zero-order valence-corrected chi connectivity index (χ0v) is 9.73. The summed E-state index contributed by atoms with van der Waals surface area (Å²) in [6.07, 6.45) is 0.833. The number of hydrogen-bond donors (Lipinski definition) is 0. The van der Waals surface area contributed by atoms with Crippen molar-refractivity contribution in [3.63, 3.8) is 0 Å². The molecule has 0 N–H and O–H groups in total. The maximum atomic E-state index is 11.2. The summed E-state index contributed by atoms with van der Waals surface area (Å²) in [6, 6.07) is 14.7. The minimum atomic E-state index is 0.112. The summed E-state index contributed by atoms with van der Waals surface area (Å²) in [7, 11) is 0. The SMILES string of the molecule is CC(=O)C(C)Cc1ccc2ccccc2c1. The minimum absolute atomic E-state index is 0.112. The van der Waals surface area contributed by atoms with E-state index in [1.165, 1.54) is 16.3 Å². The topological polar surface area (TPSA) is 17.1 Å². The van der Waals surface area contributed by atoms with Crippen molar-refractivity contribution < 1.29 is 4.79 Å². The number of benzene rings is 2. The van der Waals surface area contributed by atoms with E-state index < -0.39 is 0 Å². The van der Waals surface area contributed by atoms with Gasteiger partial charge in [0.15, 0.2) is 0 Å². The van der Waals surface area contributed by atoms with Crippen molar-refractivity contribution in [3.05, 3.63) is 48.0 Å². The van der Waals surface area contributed by atoms with Gasteiger partial charge in [0.1, 0.15) is 5.78 Å². The van der Waals surface area contributed by atoms with Crippen molar-refractivity contribution in [2.45, 2.75) is 20.3 Å². The molecule has 0 spiro atoms. The summed E-state index contributed by atoms with van der Waals surface area (Å²) in [5.74, 6) is 0.370. The Bertz CT molecular complexity index is 514. The molecule has 1 heteroatoms. The third kappa shape index (κ3) is 2.30. The normalized spacial score (nSPS) is 12.6. The first-order valence-electron chi connectivity index (χ1n) is 5.65. The van der Waals surface area contributed by atoms with Gasteiger partial charge in [0, 0.05) is 5.92 Å². The molecule has 2 aromatic carbocycles. The third-order valence-electron chi connectivity index (χ3n) is 3.05. The van der Waals surface area contributed by atoms with Crippen LogP contribution in [0.2, 0.25) is 0 Å². The van der Waals surface area contributed by atoms with Crippen molar-refractivity contribution in [2.75, 3.05) is 0 Å². The van der Waals surface area contributed by atoms with Crippen LogP contribution >= 0.6 is 0 Å². The van der Waals surface area contributed by atoms with Gasteiger partial charge in [0.05, 0.1) is 0 Å². The molecule has 2 aromatic rings. The molecule has 0 heterocycles. The van der Waals surface area contributed by atoms with Gasteiger partial charge in [-0.15, -0.1) is 0 Å². The van der Waals surface area contributed by atoms with Gasteiger partial charge < -0.3 is 0 Å². The summed E-state index contributed by atoms with van der Waals surface area (Å²) in [4.78, 5) is 11.2. The highest BCUT2D eigenvalue weighted by Crippen LogP contribution is 2.18. The first-order valence-corrected chi connectivity index (χ1v) is 5.65. The fourth-order valence-electron chi connectivity index (χ4n) is 1.86. The zero-order valence-electron chi connectivity index (χ0n) is 9.73. The smallest absolute Gasteiger partial charge is 0.132 e. The van der Waals surface area contributed by atoms with Gasteiger partial charge in [0.2, 0.25) is 0 Å². The van der Waals surface area contributed by atoms with E-state index in [4.69, 9.17) is 0 Å². The standard InChI is InChI=1S/C15H16O/c1-11(12(2)16)9-13-7-8-14-5-3-4-6-15(14)10-13/h3-8,10-11H,9H2,1-2H3. The Morgan fingerprint density at radius 3 is 2.50 bits per heavy atom. The number of hydrogen-bond acceptors (Lipinski definition) is 1. The molecule has 0 amide bonds. The lowest BCUT2D eigenvalue weighted by atomic mass is 9.96. The lowest BCUT2D eigenvalue weighted by molar-refractivity contribution is -0.120. The van der Waals surface area contributed by atoms with E-state index in [-0.39, 0.29) is 11.7 Å². The first-order chi connectivity index (χ1) is 7.66. The van der Waals surface area contributed by atoms with E-state index in [1.807, 2.05) is 19.1 Å². The summed E-state index contributed by atoms with van der Waals surface area (Å²) < 4.78 is 0. The van der Waals surface area contributed by atoms with E-state index in [0.717, 1.165) is 6.42 Å². The predicted octanol–water partition coefficient (Wildman–Crippen LogP) is 3.61. The van der Waals surface area contributed by atoms with Crippen LogP contribution in [-0.4, -0.2) is 5.78 Å². The highest BCUT2D eigenvalue weighted by Gasteiger charge is 2.08.